The van der Waals surface area contributed by atoms with Crippen molar-refractivity contribution in [3.8, 4) is 11.4 Å². The number of methoxy groups -OCH3 is 1. The van der Waals surface area contributed by atoms with Crippen LogP contribution < -0.4 is 4.74 Å². The Morgan fingerprint density at radius 3 is 2.50 bits per heavy atom. The molecule has 1 aromatic heterocycles. The molecule has 0 radical (unpaired) electrons. The Labute approximate surface area is 151 Å². The molecule has 0 aliphatic heterocycles. The highest BCUT2D eigenvalue weighted by Gasteiger charge is 2.03. The second kappa shape index (κ2) is 8.73. The van der Waals surface area contributed by atoms with Crippen LogP contribution in [0.1, 0.15) is 15.9 Å². The maximum absolute atomic E-state index is 12.3. The number of rotatable bonds is 8. The van der Waals surface area contributed by atoms with Gasteiger partial charge in [0.1, 0.15) is 25.0 Å². The summed E-state index contributed by atoms with van der Waals surface area (Å²) in [5, 5.41) is 4.08. The summed E-state index contributed by atoms with van der Waals surface area (Å²) in [5.74, 6) is 0.653. The summed E-state index contributed by atoms with van der Waals surface area (Å²) >= 11 is 0. The van der Waals surface area contributed by atoms with Gasteiger partial charge in [0.15, 0.2) is 5.78 Å². The zero-order chi connectivity index (χ0) is 18.2. The number of carbonyl (C=O) groups excluding carboxylic acids is 1. The molecule has 0 spiro atoms. The van der Waals surface area contributed by atoms with E-state index in [-0.39, 0.29) is 5.78 Å². The Kier molecular flexibility index (Phi) is 5.90. The summed E-state index contributed by atoms with van der Waals surface area (Å²) < 4.78 is 12.1. The van der Waals surface area contributed by atoms with E-state index in [4.69, 9.17) is 9.47 Å². The Balaban J connectivity index is 1.60. The molecule has 3 aromatic rings. The molecule has 0 N–H and O–H groups in total. The fraction of sp³-hybridized carbons (Fsp3) is 0.150. The Hall–Kier alpha value is -3.25. The van der Waals surface area contributed by atoms with Crippen LogP contribution >= 0.6 is 0 Å². The zero-order valence-corrected chi connectivity index (χ0v) is 14.4. The predicted octanol–water partition coefficient (Wildman–Crippen LogP) is 3.19. The van der Waals surface area contributed by atoms with Crippen molar-refractivity contribution in [2.24, 2.45) is 0 Å². The standard InChI is InChI=1S/C20H19N3O3/c1-25-12-13-26-19-9-5-17(6-10-19)20(24)11-4-16-2-7-18(8-3-16)23-15-21-14-22-23/h2-11,14-15H,12-13H2,1H3/b11-4+. The van der Waals surface area contributed by atoms with E-state index in [1.54, 1.807) is 54.5 Å². The highest BCUT2D eigenvalue weighted by Crippen LogP contribution is 2.14. The largest absolute Gasteiger partial charge is 0.491 e. The average molecular weight is 349 g/mol. The lowest BCUT2D eigenvalue weighted by atomic mass is 10.1. The molecule has 26 heavy (non-hydrogen) atoms. The number of benzene rings is 2. The molecule has 0 saturated heterocycles. The molecule has 6 heteroatoms. The summed E-state index contributed by atoms with van der Waals surface area (Å²) in [7, 11) is 1.62. The lowest BCUT2D eigenvalue weighted by Gasteiger charge is -2.05. The number of allylic oxidation sites excluding steroid dienone is 1. The van der Waals surface area contributed by atoms with Crippen LogP contribution in [-0.4, -0.2) is 40.9 Å². The minimum atomic E-state index is -0.0613. The summed E-state index contributed by atoms with van der Waals surface area (Å²) in [5.41, 5.74) is 2.45. The van der Waals surface area contributed by atoms with Crippen molar-refractivity contribution in [2.75, 3.05) is 20.3 Å². The number of aromatic nitrogens is 3. The van der Waals surface area contributed by atoms with E-state index in [2.05, 4.69) is 10.1 Å². The van der Waals surface area contributed by atoms with Crippen LogP contribution in [0.15, 0.2) is 67.3 Å². The molecule has 0 unspecified atom stereocenters. The predicted molar refractivity (Wildman–Crippen MR) is 98.5 cm³/mol. The monoisotopic (exact) mass is 349 g/mol. The Morgan fingerprint density at radius 1 is 1.08 bits per heavy atom. The van der Waals surface area contributed by atoms with Crippen molar-refractivity contribution in [1.29, 1.82) is 0 Å². The van der Waals surface area contributed by atoms with Crippen LogP contribution in [0.4, 0.5) is 0 Å². The van der Waals surface area contributed by atoms with Gasteiger partial charge in [-0.15, -0.1) is 0 Å². The van der Waals surface area contributed by atoms with Crippen molar-refractivity contribution in [3.63, 3.8) is 0 Å². The maximum Gasteiger partial charge on any atom is 0.185 e. The minimum Gasteiger partial charge on any atom is -0.491 e. The summed E-state index contributed by atoms with van der Waals surface area (Å²) in [6, 6.07) is 14.8. The van der Waals surface area contributed by atoms with Gasteiger partial charge in [-0.2, -0.15) is 5.10 Å². The van der Waals surface area contributed by atoms with Crippen molar-refractivity contribution in [1.82, 2.24) is 14.8 Å². The Morgan fingerprint density at radius 2 is 1.85 bits per heavy atom. The fourth-order valence-corrected chi connectivity index (χ4v) is 2.31. The van der Waals surface area contributed by atoms with Crippen LogP contribution in [0.5, 0.6) is 5.75 Å². The number of nitrogens with zero attached hydrogens (tertiary/aromatic N) is 3. The van der Waals surface area contributed by atoms with Gasteiger partial charge in [0.25, 0.3) is 0 Å². The highest BCUT2D eigenvalue weighted by molar-refractivity contribution is 6.06. The van der Waals surface area contributed by atoms with Gasteiger partial charge in [0.2, 0.25) is 0 Å². The van der Waals surface area contributed by atoms with Gasteiger partial charge in [0, 0.05) is 12.7 Å². The van der Waals surface area contributed by atoms with Gasteiger partial charge in [-0.3, -0.25) is 4.79 Å². The molecule has 0 amide bonds. The smallest absolute Gasteiger partial charge is 0.185 e. The van der Waals surface area contributed by atoms with E-state index in [9.17, 15) is 4.79 Å². The third-order valence-electron chi connectivity index (χ3n) is 3.70. The second-order valence-electron chi connectivity index (χ2n) is 5.49. The van der Waals surface area contributed by atoms with Gasteiger partial charge in [-0.1, -0.05) is 18.2 Å². The van der Waals surface area contributed by atoms with Crippen molar-refractivity contribution in [3.05, 3.63) is 78.4 Å². The number of hydrogen-bond acceptors (Lipinski definition) is 5. The fourth-order valence-electron chi connectivity index (χ4n) is 2.31. The third-order valence-corrected chi connectivity index (χ3v) is 3.70. The van der Waals surface area contributed by atoms with Gasteiger partial charge in [-0.25, -0.2) is 9.67 Å². The van der Waals surface area contributed by atoms with Gasteiger partial charge in [-0.05, 0) is 48.0 Å². The van der Waals surface area contributed by atoms with E-state index in [0.717, 1.165) is 11.3 Å². The molecule has 0 atom stereocenters. The number of ether oxygens (including phenoxy) is 2. The molecule has 6 nitrogen and oxygen atoms in total. The number of ketones is 1. The van der Waals surface area contributed by atoms with E-state index < -0.39 is 0 Å². The summed E-state index contributed by atoms with van der Waals surface area (Å²) in [6.45, 7) is 1.01. The minimum absolute atomic E-state index is 0.0613. The highest BCUT2D eigenvalue weighted by atomic mass is 16.5. The van der Waals surface area contributed by atoms with E-state index in [1.165, 1.54) is 6.33 Å². The van der Waals surface area contributed by atoms with Crippen molar-refractivity contribution in [2.45, 2.75) is 0 Å². The topological polar surface area (TPSA) is 66.2 Å². The maximum atomic E-state index is 12.3. The molecular weight excluding hydrogens is 330 g/mol. The molecule has 132 valence electrons. The summed E-state index contributed by atoms with van der Waals surface area (Å²) in [6.07, 6.45) is 6.47. The third kappa shape index (κ3) is 4.64. The first kappa shape index (κ1) is 17.6. The summed E-state index contributed by atoms with van der Waals surface area (Å²) in [4.78, 5) is 16.2. The molecule has 0 bridgehead atoms. The van der Waals surface area contributed by atoms with Crippen LogP contribution in [0, 0.1) is 0 Å². The molecular formula is C20H19N3O3. The SMILES string of the molecule is COCCOc1ccc(C(=O)/C=C/c2ccc(-n3cncn3)cc2)cc1. The number of carbonyl (C=O) groups is 1. The second-order valence-corrected chi connectivity index (χ2v) is 5.49. The first-order valence-electron chi connectivity index (χ1n) is 8.15. The normalized spacial score (nSPS) is 11.0. The van der Waals surface area contributed by atoms with Crippen LogP contribution in [0.2, 0.25) is 0 Å². The molecule has 0 aliphatic carbocycles. The molecule has 0 aliphatic rings. The molecule has 0 fully saturated rings. The lowest BCUT2D eigenvalue weighted by molar-refractivity contribution is 0.104. The first-order valence-corrected chi connectivity index (χ1v) is 8.15. The quantitative estimate of drug-likeness (QED) is 0.355. The average Bonchev–Trinajstić information content (AvgIpc) is 3.22. The Bertz CT molecular complexity index is 854. The van der Waals surface area contributed by atoms with Crippen LogP contribution in [0.3, 0.4) is 0 Å². The molecule has 3 rings (SSSR count). The molecule has 2 aromatic carbocycles. The van der Waals surface area contributed by atoms with E-state index in [0.29, 0.717) is 24.5 Å². The van der Waals surface area contributed by atoms with Crippen molar-refractivity contribution >= 4 is 11.9 Å². The zero-order valence-electron chi connectivity index (χ0n) is 14.4. The van der Waals surface area contributed by atoms with Crippen LogP contribution in [-0.2, 0) is 4.74 Å². The van der Waals surface area contributed by atoms with Crippen LogP contribution in [0.25, 0.3) is 11.8 Å². The van der Waals surface area contributed by atoms with Gasteiger partial charge in [0.05, 0.1) is 12.3 Å². The lowest BCUT2D eigenvalue weighted by Crippen LogP contribution is -2.04. The van der Waals surface area contributed by atoms with E-state index >= 15 is 0 Å². The van der Waals surface area contributed by atoms with Gasteiger partial charge >= 0.3 is 0 Å². The van der Waals surface area contributed by atoms with Crippen molar-refractivity contribution < 1.29 is 14.3 Å². The first-order chi connectivity index (χ1) is 12.8. The van der Waals surface area contributed by atoms with Gasteiger partial charge < -0.3 is 9.47 Å². The number of hydrogen-bond donors (Lipinski definition) is 0. The molecule has 0 saturated carbocycles. The van der Waals surface area contributed by atoms with E-state index in [1.807, 2.05) is 24.3 Å². The molecule has 1 heterocycles.